The van der Waals surface area contributed by atoms with Crippen LogP contribution >= 0.6 is 11.8 Å². The second-order valence-corrected chi connectivity index (χ2v) is 5.13. The first-order valence-corrected chi connectivity index (χ1v) is 7.08. The van der Waals surface area contributed by atoms with Crippen molar-refractivity contribution in [2.45, 2.75) is 5.16 Å². The zero-order valence-corrected chi connectivity index (χ0v) is 12.1. The number of amides is 1. The van der Waals surface area contributed by atoms with Crippen molar-refractivity contribution < 1.29 is 9.53 Å². The molecule has 0 radical (unpaired) electrons. The summed E-state index contributed by atoms with van der Waals surface area (Å²) in [6.07, 6.45) is 0. The third-order valence-corrected chi connectivity index (χ3v) is 3.64. The first kappa shape index (κ1) is 15.1. The Balaban J connectivity index is 1.85. The van der Waals surface area contributed by atoms with Gasteiger partial charge >= 0.3 is 5.69 Å². The van der Waals surface area contributed by atoms with Crippen LogP contribution in [0.25, 0.3) is 0 Å². The predicted octanol–water partition coefficient (Wildman–Crippen LogP) is -0.117. The van der Waals surface area contributed by atoms with Gasteiger partial charge in [-0.1, -0.05) is 17.8 Å². The zero-order chi connectivity index (χ0) is 15.2. The molecule has 0 fully saturated rings. The summed E-state index contributed by atoms with van der Waals surface area (Å²) < 4.78 is 6.97. The van der Waals surface area contributed by atoms with Crippen LogP contribution in [0.15, 0.2) is 34.2 Å². The molecule has 0 aliphatic heterocycles. The molecular weight excluding hydrogens is 294 g/mol. The van der Waals surface area contributed by atoms with Gasteiger partial charge in [-0.05, 0) is 18.2 Å². The molecule has 8 nitrogen and oxygen atoms in total. The fourth-order valence-corrected chi connectivity index (χ4v) is 2.30. The number of nitrogens with two attached hydrogens (primary N) is 1. The van der Waals surface area contributed by atoms with Gasteiger partial charge in [0, 0.05) is 18.4 Å². The molecule has 9 heteroatoms. The molecular formula is C12H15N5O3S. The maximum Gasteiger partial charge on any atom is 0.343 e. The maximum atomic E-state index is 11.4. The molecule has 0 aliphatic carbocycles. The number of hydrogen-bond acceptors (Lipinski definition) is 6. The van der Waals surface area contributed by atoms with Crippen LogP contribution in [-0.4, -0.2) is 33.0 Å². The van der Waals surface area contributed by atoms with Crippen molar-refractivity contribution in [2.24, 2.45) is 12.9 Å². The molecule has 4 N–H and O–H groups in total. The molecule has 1 aromatic heterocycles. The van der Waals surface area contributed by atoms with E-state index in [4.69, 9.17) is 10.6 Å². The minimum absolute atomic E-state index is 0.251. The van der Waals surface area contributed by atoms with Crippen LogP contribution in [0.4, 0.5) is 0 Å². The molecule has 0 saturated carbocycles. The lowest BCUT2D eigenvalue weighted by Crippen LogP contribution is -2.29. The maximum absolute atomic E-state index is 11.4. The molecule has 0 unspecified atom stereocenters. The highest BCUT2D eigenvalue weighted by atomic mass is 32.2. The highest BCUT2D eigenvalue weighted by molar-refractivity contribution is 7.99. The molecule has 0 saturated heterocycles. The Morgan fingerprint density at radius 1 is 1.57 bits per heavy atom. The number of rotatable bonds is 6. The van der Waals surface area contributed by atoms with Crippen LogP contribution in [0.2, 0.25) is 0 Å². The van der Waals surface area contributed by atoms with Crippen molar-refractivity contribution in [2.75, 3.05) is 12.4 Å². The number of H-pyrrole nitrogens is 1. The van der Waals surface area contributed by atoms with Gasteiger partial charge in [-0.3, -0.25) is 14.8 Å². The lowest BCUT2D eigenvalue weighted by atomic mass is 10.2. The zero-order valence-electron chi connectivity index (χ0n) is 11.3. The first-order chi connectivity index (χ1) is 10.1. The summed E-state index contributed by atoms with van der Waals surface area (Å²) in [7, 11) is 1.64. The van der Waals surface area contributed by atoms with Gasteiger partial charge in [0.15, 0.2) is 5.16 Å². The molecule has 0 bridgehead atoms. The minimum Gasteiger partial charge on any atom is -0.493 e. The lowest BCUT2D eigenvalue weighted by Gasteiger charge is -2.07. The summed E-state index contributed by atoms with van der Waals surface area (Å²) in [5.74, 6) is 5.89. The Bertz CT molecular complexity index is 682. The Morgan fingerprint density at radius 3 is 3.05 bits per heavy atom. The van der Waals surface area contributed by atoms with Crippen LogP contribution in [0, 0.1) is 0 Å². The highest BCUT2D eigenvalue weighted by Crippen LogP contribution is 2.15. The summed E-state index contributed by atoms with van der Waals surface area (Å²) in [6, 6.07) is 6.72. The summed E-state index contributed by atoms with van der Waals surface area (Å²) in [6.45, 7) is 0.416. The topological polar surface area (TPSA) is 115 Å². The number of hydrazine groups is 1. The first-order valence-electron chi connectivity index (χ1n) is 6.10. The Morgan fingerprint density at radius 2 is 2.38 bits per heavy atom. The highest BCUT2D eigenvalue weighted by Gasteiger charge is 2.06. The van der Waals surface area contributed by atoms with Crippen molar-refractivity contribution in [1.29, 1.82) is 0 Å². The van der Waals surface area contributed by atoms with Gasteiger partial charge in [-0.2, -0.15) is 0 Å². The van der Waals surface area contributed by atoms with E-state index in [2.05, 4.69) is 15.6 Å². The fraction of sp³-hybridized carbons (Fsp3) is 0.250. The summed E-state index contributed by atoms with van der Waals surface area (Å²) in [5.41, 5.74) is 2.24. The summed E-state index contributed by atoms with van der Waals surface area (Å²) in [5, 5.41) is 6.83. The second-order valence-electron chi connectivity index (χ2n) is 4.07. The predicted molar refractivity (Wildman–Crippen MR) is 78.1 cm³/mol. The standard InChI is InChI=1S/C12H15N5O3S/c1-17-11(19)15-16-12(17)21-6-5-20-9-4-2-3-8(7-9)10(18)14-13/h2-4,7H,5-6,13H2,1H3,(H,14,18)(H,15,19). The average Bonchev–Trinajstić information content (AvgIpc) is 2.83. The molecule has 1 heterocycles. The normalized spacial score (nSPS) is 10.4. The van der Waals surface area contributed by atoms with Crippen molar-refractivity contribution in [3.63, 3.8) is 0 Å². The largest absolute Gasteiger partial charge is 0.493 e. The number of thioether (sulfide) groups is 1. The molecule has 112 valence electrons. The van der Waals surface area contributed by atoms with Gasteiger partial charge in [-0.25, -0.2) is 15.7 Å². The van der Waals surface area contributed by atoms with Crippen molar-refractivity contribution in [3.05, 3.63) is 40.3 Å². The van der Waals surface area contributed by atoms with E-state index in [1.807, 2.05) is 0 Å². The van der Waals surface area contributed by atoms with E-state index in [0.717, 1.165) is 0 Å². The number of nitrogens with zero attached hydrogens (tertiary/aromatic N) is 2. The van der Waals surface area contributed by atoms with Gasteiger partial charge in [0.2, 0.25) is 0 Å². The SMILES string of the molecule is Cn1c(SCCOc2cccc(C(=O)NN)c2)n[nH]c1=O. The van der Waals surface area contributed by atoms with E-state index < -0.39 is 0 Å². The number of aromatic nitrogens is 3. The third-order valence-electron chi connectivity index (χ3n) is 2.65. The van der Waals surface area contributed by atoms with Crippen LogP contribution in [-0.2, 0) is 7.05 Å². The van der Waals surface area contributed by atoms with E-state index in [0.29, 0.717) is 28.8 Å². The Hall–Kier alpha value is -2.26. The third kappa shape index (κ3) is 3.86. The number of carbonyl (C=O) groups is 1. The van der Waals surface area contributed by atoms with Crippen molar-refractivity contribution >= 4 is 17.7 Å². The number of nitrogens with one attached hydrogen (secondary N) is 2. The summed E-state index contributed by atoms with van der Waals surface area (Å²) >= 11 is 1.40. The van der Waals surface area contributed by atoms with Crippen molar-refractivity contribution in [3.8, 4) is 5.75 Å². The monoisotopic (exact) mass is 309 g/mol. The average molecular weight is 309 g/mol. The molecule has 0 atom stereocenters. The molecule has 21 heavy (non-hydrogen) atoms. The lowest BCUT2D eigenvalue weighted by molar-refractivity contribution is 0.0953. The van der Waals surface area contributed by atoms with Crippen LogP contribution < -0.4 is 21.7 Å². The molecule has 0 aliphatic rings. The van der Waals surface area contributed by atoms with E-state index >= 15 is 0 Å². The van der Waals surface area contributed by atoms with Gasteiger partial charge in [-0.15, -0.1) is 5.10 Å². The van der Waals surface area contributed by atoms with Crippen molar-refractivity contribution in [1.82, 2.24) is 20.2 Å². The smallest absolute Gasteiger partial charge is 0.343 e. The molecule has 1 amide bonds. The quantitative estimate of drug-likeness (QED) is 0.225. The molecule has 0 spiro atoms. The van der Waals surface area contributed by atoms with E-state index in [-0.39, 0.29) is 11.6 Å². The Kier molecular flexibility index (Phi) is 5.01. The number of ether oxygens (including phenoxy) is 1. The van der Waals surface area contributed by atoms with Crippen LogP contribution in [0.1, 0.15) is 10.4 Å². The number of aromatic amines is 1. The van der Waals surface area contributed by atoms with E-state index in [1.165, 1.54) is 16.3 Å². The number of hydrogen-bond donors (Lipinski definition) is 3. The number of carbonyl (C=O) groups excluding carboxylic acids is 1. The van der Waals surface area contributed by atoms with E-state index in [9.17, 15) is 9.59 Å². The van der Waals surface area contributed by atoms with Gasteiger partial charge < -0.3 is 4.74 Å². The minimum atomic E-state index is -0.374. The van der Waals surface area contributed by atoms with Crippen LogP contribution in [0.5, 0.6) is 5.75 Å². The molecule has 1 aromatic carbocycles. The fourth-order valence-electron chi connectivity index (χ4n) is 1.56. The number of benzene rings is 1. The molecule has 2 rings (SSSR count). The Labute approximate surface area is 124 Å². The van der Waals surface area contributed by atoms with Gasteiger partial charge in [0.1, 0.15) is 5.75 Å². The van der Waals surface area contributed by atoms with E-state index in [1.54, 1.807) is 31.3 Å². The van der Waals surface area contributed by atoms with Crippen LogP contribution in [0.3, 0.4) is 0 Å². The molecule has 2 aromatic rings. The number of nitrogen functional groups attached to an aromatic ring is 1. The second kappa shape index (κ2) is 6.95. The summed E-state index contributed by atoms with van der Waals surface area (Å²) in [4.78, 5) is 22.6. The van der Waals surface area contributed by atoms with Gasteiger partial charge in [0.05, 0.1) is 6.61 Å². The van der Waals surface area contributed by atoms with Gasteiger partial charge in [0.25, 0.3) is 5.91 Å².